The summed E-state index contributed by atoms with van der Waals surface area (Å²) in [6, 6.07) is 2.75. The number of hydrogen-bond donors (Lipinski definition) is 1. The average Bonchev–Trinajstić information content (AvgIpc) is 2.11. The molecule has 20 heavy (non-hydrogen) atoms. The summed E-state index contributed by atoms with van der Waals surface area (Å²) in [5.41, 5.74) is 0.481. The van der Waals surface area contributed by atoms with E-state index in [1.54, 1.807) is 0 Å². The van der Waals surface area contributed by atoms with Gasteiger partial charge in [-0.05, 0) is 12.1 Å². The van der Waals surface area contributed by atoms with Gasteiger partial charge in [0.2, 0.25) is 11.4 Å². The van der Waals surface area contributed by atoms with E-state index in [1.807, 2.05) is 0 Å². The second-order valence-electron chi connectivity index (χ2n) is 3.41. The predicted molar refractivity (Wildman–Crippen MR) is 91.4 cm³/mol. The Labute approximate surface area is 189 Å². The van der Waals surface area contributed by atoms with Gasteiger partial charge in [-0.1, -0.05) is 104 Å². The Balaban J connectivity index is 0.00000361. The van der Waals surface area contributed by atoms with Crippen LogP contribution in [0.4, 0.5) is 0 Å². The maximum atomic E-state index is 5.83. The molecule has 0 saturated heterocycles. The van der Waals surface area contributed by atoms with Crippen LogP contribution in [0.15, 0.2) is 17.0 Å². The molecule has 0 bridgehead atoms. The molecule has 0 fully saturated rings. The van der Waals surface area contributed by atoms with Crippen molar-refractivity contribution in [1.29, 1.82) is 0 Å². The summed E-state index contributed by atoms with van der Waals surface area (Å²) in [7, 11) is 0. The van der Waals surface area contributed by atoms with Crippen LogP contribution in [0.1, 0.15) is 16.7 Å². The van der Waals surface area contributed by atoms with E-state index in [0.29, 0.717) is 0 Å². The minimum atomic E-state index is -1.81. The summed E-state index contributed by atoms with van der Waals surface area (Å²) >= 11 is 56.6. The van der Waals surface area contributed by atoms with Crippen LogP contribution >= 0.6 is 117 Å². The Morgan fingerprint density at radius 2 is 0.950 bits per heavy atom. The maximum Gasteiger partial charge on any atom is 1.00 e. The van der Waals surface area contributed by atoms with Crippen LogP contribution in [0.5, 0.6) is 0 Å². The SMILES string of the molecule is Sc1c(C(Cl)(Cl)Cl)cc(C(Cl)(Cl)Cl)cc1C(Cl)(Cl)Cl.[Na+]. The Bertz CT molecular complexity index is 451. The van der Waals surface area contributed by atoms with Crippen molar-refractivity contribution in [3.8, 4) is 0 Å². The van der Waals surface area contributed by atoms with Crippen LogP contribution in [0.2, 0.25) is 0 Å². The van der Waals surface area contributed by atoms with Gasteiger partial charge in [0.05, 0.1) is 0 Å². The monoisotopic (exact) mass is 481 g/mol. The van der Waals surface area contributed by atoms with Crippen molar-refractivity contribution in [1.82, 2.24) is 0 Å². The van der Waals surface area contributed by atoms with Crippen LogP contribution < -0.4 is 29.6 Å². The molecule has 0 saturated carbocycles. The van der Waals surface area contributed by atoms with E-state index in [2.05, 4.69) is 12.6 Å². The summed E-state index contributed by atoms with van der Waals surface area (Å²) in [5.74, 6) is 0. The van der Waals surface area contributed by atoms with Crippen LogP contribution in [0, 0.1) is 0 Å². The fourth-order valence-electron chi connectivity index (χ4n) is 1.23. The molecular weight excluding hydrogens is 482 g/mol. The minimum absolute atomic E-state index is 0. The van der Waals surface area contributed by atoms with Crippen molar-refractivity contribution in [2.24, 2.45) is 0 Å². The van der Waals surface area contributed by atoms with Gasteiger partial charge < -0.3 is 0 Å². The summed E-state index contributed by atoms with van der Waals surface area (Å²) in [6.07, 6.45) is 0. The second-order valence-corrected chi connectivity index (χ2v) is 10.7. The van der Waals surface area contributed by atoms with Crippen LogP contribution in [0.25, 0.3) is 0 Å². The normalized spacial score (nSPS) is 13.1. The zero-order valence-corrected chi connectivity index (χ0v) is 19.2. The Morgan fingerprint density at radius 3 is 1.15 bits per heavy atom. The summed E-state index contributed by atoms with van der Waals surface area (Å²) in [6.45, 7) is 0. The molecule has 0 heterocycles. The number of hydrogen-bond acceptors (Lipinski definition) is 1. The molecular formula is C9H3Cl9NaS+. The molecule has 0 unspecified atom stereocenters. The summed E-state index contributed by atoms with van der Waals surface area (Å²) in [4.78, 5) is 0.193. The van der Waals surface area contributed by atoms with Gasteiger partial charge in [0, 0.05) is 21.6 Å². The van der Waals surface area contributed by atoms with Gasteiger partial charge in [-0.25, -0.2) is 0 Å². The third-order valence-electron chi connectivity index (χ3n) is 2.05. The van der Waals surface area contributed by atoms with E-state index in [0.717, 1.165) is 0 Å². The molecule has 0 aliphatic heterocycles. The van der Waals surface area contributed by atoms with E-state index in [-0.39, 0.29) is 51.1 Å². The average molecular weight is 485 g/mol. The number of thiol groups is 1. The van der Waals surface area contributed by atoms with Gasteiger partial charge >= 0.3 is 29.6 Å². The van der Waals surface area contributed by atoms with Crippen molar-refractivity contribution in [2.45, 2.75) is 16.3 Å². The quantitative estimate of drug-likeness (QED) is 0.313. The number of rotatable bonds is 0. The summed E-state index contributed by atoms with van der Waals surface area (Å²) in [5, 5.41) is 0. The molecule has 0 atom stereocenters. The third-order valence-corrected chi connectivity index (χ3v) is 4.41. The molecule has 108 valence electrons. The molecule has 0 N–H and O–H groups in total. The number of alkyl halides is 9. The maximum absolute atomic E-state index is 5.83. The largest absolute Gasteiger partial charge is 1.00 e. The van der Waals surface area contributed by atoms with E-state index >= 15 is 0 Å². The van der Waals surface area contributed by atoms with Crippen molar-refractivity contribution in [2.75, 3.05) is 0 Å². The Hall–Kier alpha value is 3.18. The van der Waals surface area contributed by atoms with Crippen molar-refractivity contribution in [3.05, 3.63) is 28.8 Å². The fourth-order valence-corrected chi connectivity index (χ4v) is 3.31. The Kier molecular flexibility index (Phi) is 9.32. The van der Waals surface area contributed by atoms with Crippen molar-refractivity contribution >= 4 is 117 Å². The molecule has 0 aromatic heterocycles. The molecule has 0 aliphatic rings. The van der Waals surface area contributed by atoms with Crippen LogP contribution in [0.3, 0.4) is 0 Å². The van der Waals surface area contributed by atoms with Gasteiger partial charge in [0.25, 0.3) is 0 Å². The van der Waals surface area contributed by atoms with Gasteiger partial charge in [-0.2, -0.15) is 0 Å². The third kappa shape index (κ3) is 6.24. The molecule has 11 heteroatoms. The van der Waals surface area contributed by atoms with E-state index in [9.17, 15) is 0 Å². The fraction of sp³-hybridized carbons (Fsp3) is 0.333. The first-order valence-electron chi connectivity index (χ1n) is 4.33. The molecule has 0 aliphatic carbocycles. The van der Waals surface area contributed by atoms with E-state index < -0.39 is 11.4 Å². The predicted octanol–water partition coefficient (Wildman–Crippen LogP) is 4.46. The number of halogens is 9. The van der Waals surface area contributed by atoms with E-state index in [1.165, 1.54) is 12.1 Å². The smallest absolute Gasteiger partial charge is 0.143 e. The van der Waals surface area contributed by atoms with Gasteiger partial charge in [-0.3, -0.25) is 0 Å². The summed E-state index contributed by atoms with van der Waals surface area (Å²) < 4.78 is -5.39. The first-order chi connectivity index (χ1) is 8.24. The first kappa shape index (κ1) is 23.2. The zero-order valence-electron chi connectivity index (χ0n) is 9.50. The molecule has 0 nitrogen and oxygen atoms in total. The molecule has 0 spiro atoms. The molecule has 0 radical (unpaired) electrons. The standard InChI is InChI=1S/C9H3Cl9S.Na/c10-7(11,12)3-1-4(8(13,14)15)6(19)5(2-3)9(16,17)18;/h1-2,19H;/q;+1. The van der Waals surface area contributed by atoms with Gasteiger partial charge in [-0.15, -0.1) is 12.6 Å². The van der Waals surface area contributed by atoms with Crippen molar-refractivity contribution < 1.29 is 29.6 Å². The van der Waals surface area contributed by atoms with Gasteiger partial charge in [0.15, 0.2) is 0 Å². The molecule has 1 aromatic carbocycles. The molecule has 1 rings (SSSR count). The van der Waals surface area contributed by atoms with Crippen LogP contribution in [-0.4, -0.2) is 0 Å². The Morgan fingerprint density at radius 1 is 0.650 bits per heavy atom. The zero-order chi connectivity index (χ0) is 15.2. The minimum Gasteiger partial charge on any atom is -0.143 e. The van der Waals surface area contributed by atoms with Crippen LogP contribution in [-0.2, 0) is 11.4 Å². The van der Waals surface area contributed by atoms with E-state index in [4.69, 9.17) is 104 Å². The topological polar surface area (TPSA) is 0 Å². The number of benzene rings is 1. The molecule has 0 amide bonds. The second kappa shape index (κ2) is 8.04. The molecule has 1 aromatic rings. The van der Waals surface area contributed by atoms with Gasteiger partial charge in [0.1, 0.15) is 0 Å². The van der Waals surface area contributed by atoms with Crippen molar-refractivity contribution in [3.63, 3.8) is 0 Å². The first-order valence-corrected chi connectivity index (χ1v) is 8.18.